The van der Waals surface area contributed by atoms with E-state index in [0.717, 1.165) is 9.86 Å². The van der Waals surface area contributed by atoms with Gasteiger partial charge in [-0.3, -0.25) is 4.79 Å². The Morgan fingerprint density at radius 3 is 2.74 bits per heavy atom. The maximum Gasteiger partial charge on any atom is 0.346 e. The number of fused-ring (bicyclic) bond motifs is 2. The quantitative estimate of drug-likeness (QED) is 0.166. The van der Waals surface area contributed by atoms with Gasteiger partial charge in [-0.25, -0.2) is 9.78 Å². The highest BCUT2D eigenvalue weighted by molar-refractivity contribution is 9.10. The number of nitrogens with zero attached hydrogens (tertiary/aromatic N) is 3. The fraction of sp³-hybridized carbons (Fsp3) is 0.172. The lowest BCUT2D eigenvalue weighted by Crippen LogP contribution is -2.25. The first-order chi connectivity index (χ1) is 18.9. The molecule has 0 aliphatic carbocycles. The third-order valence-electron chi connectivity index (χ3n) is 5.88. The number of carbonyl (C=O) groups excluding carboxylic acids is 1. The van der Waals surface area contributed by atoms with Gasteiger partial charge in [-0.05, 0) is 74.0 Å². The van der Waals surface area contributed by atoms with Gasteiger partial charge in [-0.15, -0.1) is 0 Å². The van der Waals surface area contributed by atoms with Crippen LogP contribution in [0.4, 0.5) is 0 Å². The Hall–Kier alpha value is -4.44. The van der Waals surface area contributed by atoms with Crippen LogP contribution < -0.4 is 15.0 Å². The molecule has 0 saturated carbocycles. The summed E-state index contributed by atoms with van der Waals surface area (Å²) in [6.45, 7) is 3.81. The van der Waals surface area contributed by atoms with Crippen LogP contribution in [-0.4, -0.2) is 41.7 Å². The molecule has 9 nitrogen and oxygen atoms in total. The van der Waals surface area contributed by atoms with E-state index in [9.17, 15) is 9.59 Å². The normalized spacial score (nSPS) is 12.2. The Labute approximate surface area is 231 Å². The van der Waals surface area contributed by atoms with Crippen molar-refractivity contribution in [2.45, 2.75) is 20.0 Å². The van der Waals surface area contributed by atoms with Crippen LogP contribution in [0.5, 0.6) is 11.5 Å². The van der Waals surface area contributed by atoms with Crippen molar-refractivity contribution in [2.75, 3.05) is 13.7 Å². The summed E-state index contributed by atoms with van der Waals surface area (Å²) in [6.07, 6.45) is 0.708. The van der Waals surface area contributed by atoms with E-state index in [4.69, 9.17) is 23.6 Å². The molecule has 39 heavy (non-hydrogen) atoms. The van der Waals surface area contributed by atoms with Gasteiger partial charge >= 0.3 is 5.97 Å². The van der Waals surface area contributed by atoms with Crippen LogP contribution >= 0.6 is 15.9 Å². The van der Waals surface area contributed by atoms with Crippen molar-refractivity contribution in [3.8, 4) is 23.1 Å². The number of halogens is 1. The first-order valence-corrected chi connectivity index (χ1v) is 12.9. The number of furan rings is 1. The molecule has 0 amide bonds. The number of para-hydroxylation sites is 1. The number of rotatable bonds is 8. The number of benzene rings is 3. The van der Waals surface area contributed by atoms with E-state index in [-0.39, 0.29) is 11.4 Å². The van der Waals surface area contributed by atoms with E-state index < -0.39 is 12.1 Å². The van der Waals surface area contributed by atoms with E-state index in [0.29, 0.717) is 45.9 Å². The minimum absolute atomic E-state index is 0.263. The molecule has 10 heteroatoms. The van der Waals surface area contributed by atoms with E-state index >= 15 is 0 Å². The molecule has 2 heterocycles. The zero-order chi connectivity index (χ0) is 27.5. The minimum atomic E-state index is -0.817. The average molecular weight is 590 g/mol. The summed E-state index contributed by atoms with van der Waals surface area (Å²) in [5, 5.41) is 5.78. The Morgan fingerprint density at radius 1 is 1.13 bits per heavy atom. The van der Waals surface area contributed by atoms with Crippen LogP contribution in [0.3, 0.4) is 0 Å². The summed E-state index contributed by atoms with van der Waals surface area (Å²) in [5.41, 5.74) is 1.48. The second-order valence-corrected chi connectivity index (χ2v) is 9.44. The molecule has 0 unspecified atom stereocenters. The molecule has 1 atom stereocenters. The van der Waals surface area contributed by atoms with Gasteiger partial charge in [0.2, 0.25) is 5.82 Å². The van der Waals surface area contributed by atoms with Crippen molar-refractivity contribution < 1.29 is 23.4 Å². The smallest absolute Gasteiger partial charge is 0.346 e. The van der Waals surface area contributed by atoms with Gasteiger partial charge < -0.3 is 18.6 Å². The zero-order valence-electron chi connectivity index (χ0n) is 21.4. The second kappa shape index (κ2) is 11.1. The van der Waals surface area contributed by atoms with Gasteiger partial charge in [0, 0.05) is 9.86 Å². The monoisotopic (exact) mass is 589 g/mol. The van der Waals surface area contributed by atoms with Crippen molar-refractivity contribution >= 4 is 50.0 Å². The molecular formula is C29H24BrN3O6. The summed E-state index contributed by atoms with van der Waals surface area (Å²) in [7, 11) is 1.30. The fourth-order valence-electron chi connectivity index (χ4n) is 4.01. The maximum atomic E-state index is 13.5. The van der Waals surface area contributed by atoms with Crippen LogP contribution in [0.2, 0.25) is 0 Å². The summed E-state index contributed by atoms with van der Waals surface area (Å²) >= 11 is 3.47. The summed E-state index contributed by atoms with van der Waals surface area (Å²) in [4.78, 5) is 30.0. The topological polar surface area (TPSA) is 105 Å². The molecule has 0 aliphatic rings. The summed E-state index contributed by atoms with van der Waals surface area (Å²) < 4.78 is 24.4. The Morgan fingerprint density at radius 2 is 1.95 bits per heavy atom. The molecule has 198 valence electrons. The first kappa shape index (κ1) is 26.2. The molecule has 0 radical (unpaired) electrons. The lowest BCUT2D eigenvalue weighted by atomic mass is 10.2. The standard InChI is InChI=1S/C29H24BrN3O6/c1-4-37-25-13-18(9-11-24(25)38-17(2)29(35)36-3)16-31-33-27(32-22-8-6-5-7-21(22)28(33)34)26-15-19-14-20(30)10-12-23(19)39-26/h5-17H,4H2,1-3H3/t17-/m0/s1. The van der Waals surface area contributed by atoms with Crippen LogP contribution in [0, 0.1) is 0 Å². The highest BCUT2D eigenvalue weighted by atomic mass is 79.9. The molecule has 5 aromatic rings. The molecule has 0 saturated heterocycles. The second-order valence-electron chi connectivity index (χ2n) is 8.53. The van der Waals surface area contributed by atoms with Crippen molar-refractivity contribution in [2.24, 2.45) is 5.10 Å². The highest BCUT2D eigenvalue weighted by Gasteiger charge is 2.19. The predicted molar refractivity (Wildman–Crippen MR) is 152 cm³/mol. The number of hydrogen-bond donors (Lipinski definition) is 0. The van der Waals surface area contributed by atoms with Crippen LogP contribution in [0.1, 0.15) is 19.4 Å². The molecule has 0 N–H and O–H groups in total. The minimum Gasteiger partial charge on any atom is -0.490 e. The van der Waals surface area contributed by atoms with Gasteiger partial charge in [0.15, 0.2) is 23.4 Å². The summed E-state index contributed by atoms with van der Waals surface area (Å²) in [6, 6.07) is 19.7. The fourth-order valence-corrected chi connectivity index (χ4v) is 4.39. The van der Waals surface area contributed by atoms with Gasteiger partial charge in [0.1, 0.15) is 5.58 Å². The average Bonchev–Trinajstić information content (AvgIpc) is 3.36. The van der Waals surface area contributed by atoms with Crippen LogP contribution in [0.15, 0.2) is 85.5 Å². The Bertz CT molecular complexity index is 1770. The Balaban J connectivity index is 1.58. The molecule has 5 rings (SSSR count). The maximum absolute atomic E-state index is 13.5. The van der Waals surface area contributed by atoms with Gasteiger partial charge in [0.25, 0.3) is 5.56 Å². The molecule has 3 aromatic carbocycles. The van der Waals surface area contributed by atoms with E-state index in [2.05, 4.69) is 21.0 Å². The van der Waals surface area contributed by atoms with Crippen molar-refractivity contribution in [3.63, 3.8) is 0 Å². The molecule has 0 fully saturated rings. The number of aromatic nitrogens is 2. The van der Waals surface area contributed by atoms with Crippen molar-refractivity contribution in [1.82, 2.24) is 9.66 Å². The highest BCUT2D eigenvalue weighted by Crippen LogP contribution is 2.31. The molecule has 0 aliphatic heterocycles. The third kappa shape index (κ3) is 5.42. The first-order valence-electron chi connectivity index (χ1n) is 12.1. The summed E-state index contributed by atoms with van der Waals surface area (Å²) in [5.74, 6) is 0.962. The van der Waals surface area contributed by atoms with Crippen molar-refractivity contribution in [3.05, 3.63) is 87.1 Å². The lowest BCUT2D eigenvalue weighted by molar-refractivity contribution is -0.147. The largest absolute Gasteiger partial charge is 0.490 e. The molecule has 0 spiro atoms. The van der Waals surface area contributed by atoms with E-state index in [1.165, 1.54) is 18.0 Å². The number of methoxy groups -OCH3 is 1. The van der Waals surface area contributed by atoms with Crippen LogP contribution in [-0.2, 0) is 9.53 Å². The van der Waals surface area contributed by atoms with Gasteiger partial charge in [-0.1, -0.05) is 28.1 Å². The third-order valence-corrected chi connectivity index (χ3v) is 6.37. The molecule has 0 bridgehead atoms. The predicted octanol–water partition coefficient (Wildman–Crippen LogP) is 5.79. The molecule has 2 aromatic heterocycles. The van der Waals surface area contributed by atoms with Gasteiger partial charge in [0.05, 0.1) is 30.8 Å². The number of hydrogen-bond acceptors (Lipinski definition) is 8. The SMILES string of the molecule is CCOc1cc(C=Nn2c(-c3cc4cc(Br)ccc4o3)nc3ccccc3c2=O)ccc1O[C@@H](C)C(=O)OC. The zero-order valence-corrected chi connectivity index (χ0v) is 23.0. The molecular weight excluding hydrogens is 566 g/mol. The van der Waals surface area contributed by atoms with E-state index in [1.54, 1.807) is 43.3 Å². The van der Waals surface area contributed by atoms with E-state index in [1.807, 2.05) is 37.3 Å². The number of carbonyl (C=O) groups is 1. The Kier molecular flexibility index (Phi) is 7.47. The van der Waals surface area contributed by atoms with Crippen LogP contribution in [0.25, 0.3) is 33.5 Å². The van der Waals surface area contributed by atoms with Crippen molar-refractivity contribution in [1.29, 1.82) is 0 Å². The van der Waals surface area contributed by atoms with Gasteiger partial charge in [-0.2, -0.15) is 9.78 Å². The lowest BCUT2D eigenvalue weighted by Gasteiger charge is -2.16. The number of esters is 1. The number of ether oxygens (including phenoxy) is 3.